The number of nitrogens with zero attached hydrogens (tertiary/aromatic N) is 2. The number of carbonyl (C=O) groups is 1. The normalized spacial score (nSPS) is 24.8. The Balaban J connectivity index is 1.46. The number of methoxy groups -OCH3 is 2. The Morgan fingerprint density at radius 1 is 1.14 bits per heavy atom. The zero-order valence-corrected chi connectivity index (χ0v) is 16.9. The van der Waals surface area contributed by atoms with Gasteiger partial charge in [0.25, 0.3) is 0 Å². The van der Waals surface area contributed by atoms with Crippen LogP contribution >= 0.6 is 0 Å². The van der Waals surface area contributed by atoms with E-state index in [4.69, 9.17) is 18.9 Å². The molecule has 0 aromatic heterocycles. The van der Waals surface area contributed by atoms with Crippen LogP contribution in [0, 0.1) is 5.41 Å². The van der Waals surface area contributed by atoms with Crippen LogP contribution in [0.2, 0.25) is 0 Å². The molecule has 3 aliphatic rings. The van der Waals surface area contributed by atoms with E-state index in [1.807, 2.05) is 17.0 Å². The van der Waals surface area contributed by atoms with Crippen molar-refractivity contribution < 1.29 is 23.7 Å². The topological polar surface area (TPSA) is 60.5 Å². The molecule has 1 atom stereocenters. The minimum absolute atomic E-state index is 0.184. The third kappa shape index (κ3) is 3.91. The first-order valence-corrected chi connectivity index (χ1v) is 10.1. The summed E-state index contributed by atoms with van der Waals surface area (Å²) in [5.74, 6) is 2.63. The molecule has 0 aliphatic carbocycles. The van der Waals surface area contributed by atoms with Gasteiger partial charge in [0, 0.05) is 56.8 Å². The van der Waals surface area contributed by atoms with E-state index in [2.05, 4.69) is 4.90 Å². The summed E-state index contributed by atoms with van der Waals surface area (Å²) in [5, 5.41) is 0. The van der Waals surface area contributed by atoms with Crippen LogP contribution in [0.25, 0.3) is 0 Å². The van der Waals surface area contributed by atoms with E-state index in [0.717, 1.165) is 61.8 Å². The zero-order chi connectivity index (χ0) is 19.6. The van der Waals surface area contributed by atoms with Crippen LogP contribution in [0.5, 0.6) is 17.2 Å². The van der Waals surface area contributed by atoms with Crippen molar-refractivity contribution in [3.63, 3.8) is 0 Å². The predicted molar refractivity (Wildman–Crippen MR) is 104 cm³/mol. The average molecular weight is 390 g/mol. The number of hydrogen-bond donors (Lipinski definition) is 0. The lowest BCUT2D eigenvalue weighted by atomic mass is 9.73. The summed E-state index contributed by atoms with van der Waals surface area (Å²) in [7, 11) is 3.38. The Hall–Kier alpha value is -1.99. The molecule has 1 aromatic carbocycles. The molecule has 28 heavy (non-hydrogen) atoms. The Bertz CT molecular complexity index is 725. The fourth-order valence-electron chi connectivity index (χ4n) is 4.81. The summed E-state index contributed by atoms with van der Waals surface area (Å²) in [6.07, 6.45) is 3.95. The molecule has 3 heterocycles. The predicted octanol–water partition coefficient (Wildman–Crippen LogP) is 2.27. The first-order chi connectivity index (χ1) is 13.6. The van der Waals surface area contributed by atoms with Gasteiger partial charge in [-0.05, 0) is 31.9 Å². The molecule has 1 amide bonds. The van der Waals surface area contributed by atoms with E-state index in [0.29, 0.717) is 19.6 Å². The molecule has 4 rings (SSSR count). The fourth-order valence-corrected chi connectivity index (χ4v) is 4.81. The third-order valence-corrected chi connectivity index (χ3v) is 6.22. The van der Waals surface area contributed by atoms with Crippen molar-refractivity contribution in [1.29, 1.82) is 0 Å². The first kappa shape index (κ1) is 19.3. The molecule has 2 fully saturated rings. The molecule has 1 spiro atoms. The largest absolute Gasteiger partial charge is 0.496 e. The Kier molecular flexibility index (Phi) is 5.64. The van der Waals surface area contributed by atoms with Gasteiger partial charge >= 0.3 is 0 Å². The van der Waals surface area contributed by atoms with E-state index in [9.17, 15) is 4.79 Å². The van der Waals surface area contributed by atoms with Gasteiger partial charge in [-0.2, -0.15) is 0 Å². The molecule has 1 aromatic rings. The minimum atomic E-state index is 0.184. The lowest BCUT2D eigenvalue weighted by Gasteiger charge is -2.48. The van der Waals surface area contributed by atoms with Crippen LogP contribution in [0.1, 0.15) is 31.2 Å². The van der Waals surface area contributed by atoms with Gasteiger partial charge in [0.2, 0.25) is 12.7 Å². The Morgan fingerprint density at radius 2 is 1.96 bits per heavy atom. The van der Waals surface area contributed by atoms with Gasteiger partial charge in [0.15, 0.2) is 11.5 Å². The van der Waals surface area contributed by atoms with Gasteiger partial charge in [0.05, 0.1) is 13.7 Å². The van der Waals surface area contributed by atoms with Crippen LogP contribution in [0.3, 0.4) is 0 Å². The molecule has 0 radical (unpaired) electrons. The van der Waals surface area contributed by atoms with Gasteiger partial charge in [-0.15, -0.1) is 0 Å². The van der Waals surface area contributed by atoms with Gasteiger partial charge in [-0.1, -0.05) is 0 Å². The molecule has 7 nitrogen and oxygen atoms in total. The van der Waals surface area contributed by atoms with E-state index >= 15 is 0 Å². The highest BCUT2D eigenvalue weighted by Crippen LogP contribution is 2.41. The van der Waals surface area contributed by atoms with E-state index < -0.39 is 0 Å². The summed E-state index contributed by atoms with van der Waals surface area (Å²) in [6, 6.07) is 3.96. The van der Waals surface area contributed by atoms with Crippen molar-refractivity contribution in [2.24, 2.45) is 5.41 Å². The van der Waals surface area contributed by atoms with Gasteiger partial charge in [0.1, 0.15) is 5.75 Å². The number of ether oxygens (including phenoxy) is 4. The molecule has 1 unspecified atom stereocenters. The van der Waals surface area contributed by atoms with Crippen molar-refractivity contribution in [1.82, 2.24) is 9.80 Å². The standard InChI is InChI=1S/C21H30N2O5/c1-25-9-8-23-14-21(6-4-20(23)24)5-3-7-22(13-21)12-16-10-18-19(28-15-27-18)11-17(16)26-2/h10-11H,3-9,12-15H2,1-2H3. The fraction of sp³-hybridized carbons (Fsp3) is 0.667. The molecule has 7 heteroatoms. The van der Waals surface area contributed by atoms with Crippen molar-refractivity contribution in [2.45, 2.75) is 32.2 Å². The number of hydrogen-bond acceptors (Lipinski definition) is 6. The van der Waals surface area contributed by atoms with Crippen LogP contribution in [0.15, 0.2) is 12.1 Å². The number of likely N-dealkylation sites (tertiary alicyclic amines) is 2. The van der Waals surface area contributed by atoms with Gasteiger partial charge < -0.3 is 23.8 Å². The van der Waals surface area contributed by atoms with Crippen LogP contribution < -0.4 is 14.2 Å². The quantitative estimate of drug-likeness (QED) is 0.743. The molecule has 154 valence electrons. The highest BCUT2D eigenvalue weighted by molar-refractivity contribution is 5.77. The molecular formula is C21H30N2O5. The maximum absolute atomic E-state index is 12.3. The summed E-state index contributed by atoms with van der Waals surface area (Å²) < 4.78 is 21.8. The number of rotatable bonds is 6. The zero-order valence-electron chi connectivity index (χ0n) is 16.9. The summed E-state index contributed by atoms with van der Waals surface area (Å²) >= 11 is 0. The van der Waals surface area contributed by atoms with E-state index in [1.54, 1.807) is 14.2 Å². The number of benzene rings is 1. The SMILES string of the molecule is COCCN1CC2(CCCN(Cc3cc4c(cc3OC)OCO4)C2)CCC1=O. The molecule has 2 saturated heterocycles. The monoisotopic (exact) mass is 390 g/mol. The molecule has 0 saturated carbocycles. The average Bonchev–Trinajstić information content (AvgIpc) is 3.16. The number of piperidine rings is 2. The second-order valence-electron chi connectivity index (χ2n) is 8.14. The highest BCUT2D eigenvalue weighted by Gasteiger charge is 2.41. The number of amides is 1. The van der Waals surface area contributed by atoms with Gasteiger partial charge in [-0.25, -0.2) is 0 Å². The van der Waals surface area contributed by atoms with Crippen molar-refractivity contribution in [3.05, 3.63) is 17.7 Å². The van der Waals surface area contributed by atoms with Crippen molar-refractivity contribution in [3.8, 4) is 17.2 Å². The van der Waals surface area contributed by atoms with Crippen LogP contribution in [-0.2, 0) is 16.1 Å². The second-order valence-corrected chi connectivity index (χ2v) is 8.14. The molecule has 0 bridgehead atoms. The lowest BCUT2D eigenvalue weighted by Crippen LogP contribution is -2.54. The summed E-state index contributed by atoms with van der Waals surface area (Å²) in [6.45, 7) is 5.26. The maximum atomic E-state index is 12.3. The van der Waals surface area contributed by atoms with E-state index in [-0.39, 0.29) is 18.1 Å². The van der Waals surface area contributed by atoms with Gasteiger partial charge in [-0.3, -0.25) is 9.69 Å². The number of carbonyl (C=O) groups excluding carboxylic acids is 1. The minimum Gasteiger partial charge on any atom is -0.496 e. The number of fused-ring (bicyclic) bond motifs is 1. The Labute approximate surface area is 166 Å². The Morgan fingerprint density at radius 3 is 2.75 bits per heavy atom. The molecular weight excluding hydrogens is 360 g/mol. The second kappa shape index (κ2) is 8.17. The van der Waals surface area contributed by atoms with Crippen LogP contribution in [-0.4, -0.2) is 69.5 Å². The lowest BCUT2D eigenvalue weighted by molar-refractivity contribution is -0.140. The summed E-state index contributed by atoms with van der Waals surface area (Å²) in [5.41, 5.74) is 1.30. The maximum Gasteiger partial charge on any atom is 0.231 e. The van der Waals surface area contributed by atoms with Crippen molar-refractivity contribution in [2.75, 3.05) is 53.8 Å². The van der Waals surface area contributed by atoms with E-state index in [1.165, 1.54) is 6.42 Å². The molecule has 3 aliphatic heterocycles. The van der Waals surface area contributed by atoms with Crippen LogP contribution in [0.4, 0.5) is 0 Å². The molecule has 0 N–H and O–H groups in total. The van der Waals surface area contributed by atoms with Crippen molar-refractivity contribution >= 4 is 5.91 Å². The smallest absolute Gasteiger partial charge is 0.231 e. The highest BCUT2D eigenvalue weighted by atomic mass is 16.7. The third-order valence-electron chi connectivity index (χ3n) is 6.22. The summed E-state index contributed by atoms with van der Waals surface area (Å²) in [4.78, 5) is 16.8. The first-order valence-electron chi connectivity index (χ1n) is 10.1.